The van der Waals surface area contributed by atoms with Crippen LogP contribution in [0.3, 0.4) is 0 Å². The van der Waals surface area contributed by atoms with Crippen molar-refractivity contribution in [3.05, 3.63) is 0 Å². The van der Waals surface area contributed by atoms with Crippen LogP contribution in [-0.2, 0) is 25.5 Å². The molecule has 2 atom stereocenters. The highest BCUT2D eigenvalue weighted by atomic mass is 32.2. The van der Waals surface area contributed by atoms with Gasteiger partial charge in [-0.1, -0.05) is 11.2 Å². The summed E-state index contributed by atoms with van der Waals surface area (Å²) >= 11 is -1.15. The van der Waals surface area contributed by atoms with Gasteiger partial charge in [0, 0.05) is 6.92 Å². The summed E-state index contributed by atoms with van der Waals surface area (Å²) in [6, 6.07) is -0.812. The molecule has 0 radical (unpaired) electrons. The van der Waals surface area contributed by atoms with Crippen LogP contribution in [0.2, 0.25) is 0 Å². The molecule has 0 fully saturated rings. The summed E-state index contributed by atoms with van der Waals surface area (Å²) in [5.41, 5.74) is 0. The number of esters is 1. The first kappa shape index (κ1) is 12.2. The Bertz CT molecular complexity index is 195. The second-order valence-electron chi connectivity index (χ2n) is 2.52. The molecule has 1 N–H and O–H groups in total. The number of methoxy groups -OCH3 is 1. The molecule has 1 amide bonds. The number of hydrogen-bond donors (Lipinski definition) is 1. The molecule has 76 valence electrons. The molecular formula is C7H13NO4S. The third-order valence-corrected chi connectivity index (χ3v) is 2.07. The molecule has 0 spiro atoms. The average Bonchev–Trinajstić information content (AvgIpc) is 2.00. The number of carbonyl (C=O) groups excluding carboxylic acids is 2. The lowest BCUT2D eigenvalue weighted by atomic mass is 10.3. The van der Waals surface area contributed by atoms with E-state index in [9.17, 15) is 14.1 Å². The maximum atomic E-state index is 11.0. The summed E-state index contributed by atoms with van der Waals surface area (Å²) in [5.74, 6) is -0.849. The predicted molar refractivity (Wildman–Crippen MR) is 48.6 cm³/mol. The van der Waals surface area contributed by atoms with E-state index in [-0.39, 0.29) is 11.7 Å². The maximum absolute atomic E-state index is 11.0. The highest BCUT2D eigenvalue weighted by Crippen LogP contribution is 1.94. The van der Waals surface area contributed by atoms with Crippen molar-refractivity contribution in [2.75, 3.05) is 19.1 Å². The molecule has 0 aromatic carbocycles. The van der Waals surface area contributed by atoms with Crippen LogP contribution in [0, 0.1) is 0 Å². The van der Waals surface area contributed by atoms with Crippen molar-refractivity contribution in [2.24, 2.45) is 0 Å². The number of ether oxygens (including phenoxy) is 1. The zero-order valence-corrected chi connectivity index (χ0v) is 8.64. The molecule has 0 saturated carbocycles. The Morgan fingerprint density at radius 3 is 2.46 bits per heavy atom. The number of carbonyl (C=O) groups is 2. The Labute approximate surface area is 80.0 Å². The molecule has 0 aliphatic heterocycles. The van der Waals surface area contributed by atoms with Crippen molar-refractivity contribution in [1.82, 2.24) is 5.32 Å². The van der Waals surface area contributed by atoms with Crippen LogP contribution in [-0.4, -0.2) is 41.6 Å². The van der Waals surface area contributed by atoms with Gasteiger partial charge in [0.05, 0.1) is 13.4 Å². The fourth-order valence-electron chi connectivity index (χ4n) is 0.791. The first-order valence-corrected chi connectivity index (χ1v) is 5.35. The maximum Gasteiger partial charge on any atom is 0.333 e. The van der Waals surface area contributed by atoms with Crippen molar-refractivity contribution in [2.45, 2.75) is 13.0 Å². The summed E-state index contributed by atoms with van der Waals surface area (Å²) in [6.07, 6.45) is 1.46. The second-order valence-corrected chi connectivity index (χ2v) is 4.00. The van der Waals surface area contributed by atoms with Crippen LogP contribution < -0.4 is 5.32 Å². The van der Waals surface area contributed by atoms with Crippen LogP contribution in [0.4, 0.5) is 0 Å². The quantitative estimate of drug-likeness (QED) is 0.476. The highest BCUT2D eigenvalue weighted by Gasteiger charge is 2.24. The van der Waals surface area contributed by atoms with Gasteiger partial charge in [-0.25, -0.2) is 4.79 Å². The molecule has 13 heavy (non-hydrogen) atoms. The molecule has 0 saturated heterocycles. The minimum absolute atomic E-state index is 0.0756. The Morgan fingerprint density at radius 1 is 1.62 bits per heavy atom. The lowest BCUT2D eigenvalue weighted by Crippen LogP contribution is -2.44. The van der Waals surface area contributed by atoms with E-state index < -0.39 is 23.2 Å². The van der Waals surface area contributed by atoms with Crippen LogP contribution in [0.1, 0.15) is 6.92 Å². The van der Waals surface area contributed by atoms with Crippen molar-refractivity contribution in [1.29, 1.82) is 0 Å². The molecule has 0 rings (SSSR count). The Kier molecular flexibility index (Phi) is 5.48. The smallest absolute Gasteiger partial charge is 0.333 e. The Hall–Kier alpha value is -0.750. The number of amides is 1. The van der Waals surface area contributed by atoms with E-state index >= 15 is 0 Å². The molecule has 0 aromatic heterocycles. The lowest BCUT2D eigenvalue weighted by Gasteiger charge is -2.15. The molecule has 0 aromatic rings. The lowest BCUT2D eigenvalue weighted by molar-refractivity contribution is -0.144. The molecule has 6 heteroatoms. The molecule has 1 unspecified atom stereocenters. The van der Waals surface area contributed by atoms with Gasteiger partial charge in [-0.2, -0.15) is 0 Å². The minimum atomic E-state index is -1.15. The van der Waals surface area contributed by atoms with E-state index in [0.717, 1.165) is 0 Å². The zero-order chi connectivity index (χ0) is 10.4. The molecule has 0 aliphatic rings. The van der Waals surface area contributed by atoms with Crippen molar-refractivity contribution in [3.63, 3.8) is 0 Å². The summed E-state index contributed by atoms with van der Waals surface area (Å²) in [7, 11) is 1.22. The number of hydrogen-bond acceptors (Lipinski definition) is 4. The van der Waals surface area contributed by atoms with Crippen molar-refractivity contribution < 1.29 is 18.9 Å². The highest BCUT2D eigenvalue weighted by molar-refractivity contribution is 7.90. The molecule has 0 aliphatic carbocycles. The molecule has 5 nitrogen and oxygen atoms in total. The van der Waals surface area contributed by atoms with Gasteiger partial charge in [0.25, 0.3) is 0 Å². The van der Waals surface area contributed by atoms with Crippen LogP contribution in [0.25, 0.3) is 0 Å². The van der Waals surface area contributed by atoms with Gasteiger partial charge >= 0.3 is 5.97 Å². The van der Waals surface area contributed by atoms with E-state index in [1.807, 2.05) is 0 Å². The second kappa shape index (κ2) is 5.82. The van der Waals surface area contributed by atoms with Crippen LogP contribution >= 0.6 is 0 Å². The molecule has 0 bridgehead atoms. The largest absolute Gasteiger partial charge is 0.616 e. The molecule has 0 heterocycles. The summed E-state index contributed by atoms with van der Waals surface area (Å²) in [6.45, 7) is 1.29. The molecular weight excluding hydrogens is 194 g/mol. The summed E-state index contributed by atoms with van der Waals surface area (Å²) in [4.78, 5) is 21.6. The minimum Gasteiger partial charge on any atom is -0.616 e. The standard InChI is InChI=1S/C7H13NO4S/c1-5(9)8-6(4-13(3)11)7(10)12-2/h6H,4H2,1-3H3,(H,8,9)/t6-,13?/m0/s1. The van der Waals surface area contributed by atoms with Crippen molar-refractivity contribution >= 4 is 23.1 Å². The van der Waals surface area contributed by atoms with E-state index in [4.69, 9.17) is 0 Å². The van der Waals surface area contributed by atoms with Gasteiger partial charge in [0.15, 0.2) is 6.04 Å². The SMILES string of the molecule is COC(=O)[C@H](C[S+](C)[O-])NC(C)=O. The van der Waals surface area contributed by atoms with Gasteiger partial charge in [-0.05, 0) is 0 Å². The van der Waals surface area contributed by atoms with E-state index in [2.05, 4.69) is 10.1 Å². The fourth-order valence-corrected chi connectivity index (χ4v) is 1.48. The van der Waals surface area contributed by atoms with Gasteiger partial charge in [-0.15, -0.1) is 0 Å². The number of nitrogens with one attached hydrogen (secondary N) is 1. The van der Waals surface area contributed by atoms with Crippen molar-refractivity contribution in [3.8, 4) is 0 Å². The van der Waals surface area contributed by atoms with Gasteiger partial charge in [-0.3, -0.25) is 4.79 Å². The Balaban J connectivity index is 4.18. The third-order valence-electron chi connectivity index (χ3n) is 1.26. The van der Waals surface area contributed by atoms with E-state index in [1.165, 1.54) is 20.3 Å². The van der Waals surface area contributed by atoms with E-state index in [1.54, 1.807) is 0 Å². The first-order chi connectivity index (χ1) is 5.97. The topological polar surface area (TPSA) is 78.5 Å². The summed E-state index contributed by atoms with van der Waals surface area (Å²) < 4.78 is 15.2. The first-order valence-electron chi connectivity index (χ1n) is 3.62. The summed E-state index contributed by atoms with van der Waals surface area (Å²) in [5, 5.41) is 2.36. The fraction of sp³-hybridized carbons (Fsp3) is 0.714. The monoisotopic (exact) mass is 207 g/mol. The third kappa shape index (κ3) is 5.48. The van der Waals surface area contributed by atoms with E-state index in [0.29, 0.717) is 0 Å². The van der Waals surface area contributed by atoms with Gasteiger partial charge < -0.3 is 14.6 Å². The number of rotatable bonds is 4. The van der Waals surface area contributed by atoms with Gasteiger partial charge in [0.2, 0.25) is 5.91 Å². The average molecular weight is 207 g/mol. The van der Waals surface area contributed by atoms with Crippen LogP contribution in [0.5, 0.6) is 0 Å². The Morgan fingerprint density at radius 2 is 2.15 bits per heavy atom. The normalized spacial score (nSPS) is 14.5. The van der Waals surface area contributed by atoms with Crippen LogP contribution in [0.15, 0.2) is 0 Å². The predicted octanol–water partition coefficient (Wildman–Crippen LogP) is -0.957. The van der Waals surface area contributed by atoms with Gasteiger partial charge in [0.1, 0.15) is 5.75 Å². The zero-order valence-electron chi connectivity index (χ0n) is 7.83.